The van der Waals surface area contributed by atoms with Crippen molar-refractivity contribution < 1.29 is 23.9 Å². The van der Waals surface area contributed by atoms with Gasteiger partial charge < -0.3 is 19.7 Å². The fourth-order valence-electron chi connectivity index (χ4n) is 2.90. The Balaban J connectivity index is 1.52. The average molecular weight is 437 g/mol. The van der Waals surface area contributed by atoms with Crippen LogP contribution in [0.3, 0.4) is 0 Å². The van der Waals surface area contributed by atoms with Gasteiger partial charge >= 0.3 is 5.97 Å². The Kier molecular flexibility index (Phi) is 6.61. The van der Waals surface area contributed by atoms with Crippen molar-refractivity contribution >= 4 is 52.4 Å². The quantitative estimate of drug-likeness (QED) is 0.699. The van der Waals surface area contributed by atoms with Crippen LogP contribution in [0.15, 0.2) is 42.5 Å². The Bertz CT molecular complexity index is 933. The number of halogens is 2. The van der Waals surface area contributed by atoms with E-state index in [4.69, 9.17) is 32.7 Å². The molecule has 0 bridgehead atoms. The summed E-state index contributed by atoms with van der Waals surface area (Å²) in [6, 6.07) is 11.6. The second kappa shape index (κ2) is 9.15. The van der Waals surface area contributed by atoms with Gasteiger partial charge in [0.2, 0.25) is 5.91 Å². The zero-order valence-corrected chi connectivity index (χ0v) is 17.0. The Morgan fingerprint density at radius 3 is 2.52 bits per heavy atom. The number of hydrogen-bond donors (Lipinski definition) is 1. The summed E-state index contributed by atoms with van der Waals surface area (Å²) in [5.41, 5.74) is 1.10. The number of esters is 1. The van der Waals surface area contributed by atoms with Gasteiger partial charge in [0.25, 0.3) is 5.91 Å². The van der Waals surface area contributed by atoms with E-state index in [1.807, 2.05) is 0 Å². The number of nitrogens with zero attached hydrogens (tertiary/aromatic N) is 1. The van der Waals surface area contributed by atoms with Gasteiger partial charge in [0.15, 0.2) is 6.61 Å². The van der Waals surface area contributed by atoms with Gasteiger partial charge in [-0.2, -0.15) is 0 Å². The molecule has 0 aliphatic carbocycles. The van der Waals surface area contributed by atoms with Crippen molar-refractivity contribution in [1.82, 2.24) is 0 Å². The van der Waals surface area contributed by atoms with Crippen molar-refractivity contribution in [2.75, 3.05) is 30.5 Å². The van der Waals surface area contributed by atoms with E-state index >= 15 is 0 Å². The minimum Gasteiger partial charge on any atom is -0.497 e. The lowest BCUT2D eigenvalue weighted by molar-refractivity contribution is -0.151. The van der Waals surface area contributed by atoms with Gasteiger partial charge in [-0.15, -0.1) is 0 Å². The highest BCUT2D eigenvalue weighted by Crippen LogP contribution is 2.28. The van der Waals surface area contributed by atoms with Crippen LogP contribution in [0.1, 0.15) is 6.42 Å². The first kappa shape index (κ1) is 21.0. The van der Waals surface area contributed by atoms with Crippen molar-refractivity contribution in [2.24, 2.45) is 5.92 Å². The number of carbonyl (C=O) groups is 3. The minimum atomic E-state index is -0.637. The molecule has 1 unspecified atom stereocenters. The minimum absolute atomic E-state index is 0.0271. The predicted molar refractivity (Wildman–Crippen MR) is 110 cm³/mol. The van der Waals surface area contributed by atoms with Gasteiger partial charge in [0.1, 0.15) is 5.75 Å². The monoisotopic (exact) mass is 436 g/mol. The van der Waals surface area contributed by atoms with Gasteiger partial charge in [0, 0.05) is 24.3 Å². The second-order valence-electron chi connectivity index (χ2n) is 6.39. The molecule has 0 aromatic heterocycles. The van der Waals surface area contributed by atoms with Crippen LogP contribution in [0.4, 0.5) is 11.4 Å². The molecule has 1 heterocycles. The summed E-state index contributed by atoms with van der Waals surface area (Å²) < 4.78 is 10.2. The van der Waals surface area contributed by atoms with Crippen LogP contribution < -0.4 is 15.0 Å². The Labute approximate surface area is 177 Å². The first-order chi connectivity index (χ1) is 13.9. The molecule has 7 nitrogen and oxygen atoms in total. The molecule has 1 N–H and O–H groups in total. The normalized spacial score (nSPS) is 15.9. The van der Waals surface area contributed by atoms with E-state index in [-0.39, 0.29) is 18.9 Å². The van der Waals surface area contributed by atoms with Crippen molar-refractivity contribution in [1.29, 1.82) is 0 Å². The zero-order chi connectivity index (χ0) is 21.0. The summed E-state index contributed by atoms with van der Waals surface area (Å²) in [6.45, 7) is -0.273. The fraction of sp³-hybridized carbons (Fsp3) is 0.250. The number of ether oxygens (including phenoxy) is 2. The molecule has 0 radical (unpaired) electrons. The number of amides is 2. The highest BCUT2D eigenvalue weighted by molar-refractivity contribution is 6.42. The summed E-state index contributed by atoms with van der Waals surface area (Å²) in [6.07, 6.45) is 0.0271. The molecule has 0 spiro atoms. The van der Waals surface area contributed by atoms with Crippen LogP contribution >= 0.6 is 23.2 Å². The number of carbonyl (C=O) groups excluding carboxylic acids is 3. The highest BCUT2D eigenvalue weighted by atomic mass is 35.5. The Hall–Kier alpha value is -2.77. The molecule has 1 fully saturated rings. The number of methoxy groups -OCH3 is 1. The number of rotatable bonds is 6. The smallest absolute Gasteiger partial charge is 0.311 e. The van der Waals surface area contributed by atoms with Crippen molar-refractivity contribution in [3.63, 3.8) is 0 Å². The summed E-state index contributed by atoms with van der Waals surface area (Å²) in [4.78, 5) is 38.1. The van der Waals surface area contributed by atoms with E-state index in [1.165, 1.54) is 11.0 Å². The van der Waals surface area contributed by atoms with Gasteiger partial charge in [0.05, 0.1) is 23.1 Å². The standard InChI is InChI=1S/C20H18Cl2N2O5/c1-28-15-5-3-14(4-6-15)24-10-12(8-19(24)26)20(27)29-11-18(25)23-13-2-7-16(21)17(22)9-13/h2-7,9,12H,8,10-11H2,1H3,(H,23,25). The molecule has 1 saturated heterocycles. The van der Waals surface area contributed by atoms with E-state index in [1.54, 1.807) is 43.5 Å². The van der Waals surface area contributed by atoms with Crippen LogP contribution in [-0.2, 0) is 19.1 Å². The molecule has 3 rings (SSSR count). The van der Waals surface area contributed by atoms with Gasteiger partial charge in [-0.3, -0.25) is 14.4 Å². The molecule has 0 saturated carbocycles. The molecule has 2 amide bonds. The van der Waals surface area contributed by atoms with Crippen LogP contribution in [0, 0.1) is 5.92 Å². The molecular formula is C20H18Cl2N2O5. The third-order valence-electron chi connectivity index (χ3n) is 4.39. The maximum absolute atomic E-state index is 12.3. The zero-order valence-electron chi connectivity index (χ0n) is 15.5. The Morgan fingerprint density at radius 2 is 1.86 bits per heavy atom. The highest BCUT2D eigenvalue weighted by Gasteiger charge is 2.36. The molecular weight excluding hydrogens is 419 g/mol. The van der Waals surface area contributed by atoms with E-state index in [0.29, 0.717) is 27.2 Å². The lowest BCUT2D eigenvalue weighted by Gasteiger charge is -2.16. The molecule has 1 atom stereocenters. The maximum Gasteiger partial charge on any atom is 0.311 e. The molecule has 29 heavy (non-hydrogen) atoms. The molecule has 1 aliphatic heterocycles. The van der Waals surface area contributed by atoms with Crippen LogP contribution in [0.5, 0.6) is 5.75 Å². The largest absolute Gasteiger partial charge is 0.497 e. The second-order valence-corrected chi connectivity index (χ2v) is 7.20. The lowest BCUT2D eigenvalue weighted by Crippen LogP contribution is -2.28. The number of hydrogen-bond acceptors (Lipinski definition) is 5. The third kappa shape index (κ3) is 5.19. The number of nitrogens with one attached hydrogen (secondary N) is 1. The van der Waals surface area contributed by atoms with Crippen LogP contribution in [0.25, 0.3) is 0 Å². The molecule has 9 heteroatoms. The van der Waals surface area contributed by atoms with Gasteiger partial charge in [-0.25, -0.2) is 0 Å². The van der Waals surface area contributed by atoms with Crippen molar-refractivity contribution in [3.05, 3.63) is 52.5 Å². The molecule has 2 aromatic carbocycles. The first-order valence-electron chi connectivity index (χ1n) is 8.73. The predicted octanol–water partition coefficient (Wildman–Crippen LogP) is 3.54. The van der Waals surface area contributed by atoms with Crippen molar-refractivity contribution in [2.45, 2.75) is 6.42 Å². The number of benzene rings is 2. The van der Waals surface area contributed by atoms with E-state index < -0.39 is 24.4 Å². The maximum atomic E-state index is 12.3. The Morgan fingerprint density at radius 1 is 1.14 bits per heavy atom. The van der Waals surface area contributed by atoms with E-state index in [2.05, 4.69) is 5.32 Å². The summed E-state index contributed by atoms with van der Waals surface area (Å²) in [5, 5.41) is 3.22. The van der Waals surface area contributed by atoms with Gasteiger partial charge in [-0.05, 0) is 42.5 Å². The third-order valence-corrected chi connectivity index (χ3v) is 5.13. The molecule has 1 aliphatic rings. The van der Waals surface area contributed by atoms with Crippen LogP contribution in [-0.4, -0.2) is 38.0 Å². The summed E-state index contributed by atoms with van der Waals surface area (Å²) >= 11 is 11.7. The van der Waals surface area contributed by atoms with Crippen molar-refractivity contribution in [3.8, 4) is 5.75 Å². The molecule has 2 aromatic rings. The van der Waals surface area contributed by atoms with E-state index in [9.17, 15) is 14.4 Å². The fourth-order valence-corrected chi connectivity index (χ4v) is 3.20. The average Bonchev–Trinajstić information content (AvgIpc) is 3.11. The summed E-state index contributed by atoms with van der Waals surface area (Å²) in [5.74, 6) is -1.27. The van der Waals surface area contributed by atoms with E-state index in [0.717, 1.165) is 0 Å². The van der Waals surface area contributed by atoms with Crippen LogP contribution in [0.2, 0.25) is 10.0 Å². The SMILES string of the molecule is COc1ccc(N2CC(C(=O)OCC(=O)Nc3ccc(Cl)c(Cl)c3)CC2=O)cc1. The molecule has 152 valence electrons. The summed E-state index contributed by atoms with van der Waals surface area (Å²) in [7, 11) is 1.56. The first-order valence-corrected chi connectivity index (χ1v) is 9.49. The van der Waals surface area contributed by atoms with Gasteiger partial charge in [-0.1, -0.05) is 23.2 Å². The number of anilines is 2. The topological polar surface area (TPSA) is 84.9 Å². The lowest BCUT2D eigenvalue weighted by atomic mass is 10.1.